The minimum atomic E-state index is -0.0773. The maximum Gasteiger partial charge on any atom is 0.129 e. The van der Waals surface area contributed by atoms with E-state index in [-0.39, 0.29) is 6.61 Å². The molecule has 16 heavy (non-hydrogen) atoms. The summed E-state index contributed by atoms with van der Waals surface area (Å²) < 4.78 is 5.34. The van der Waals surface area contributed by atoms with E-state index >= 15 is 0 Å². The quantitative estimate of drug-likeness (QED) is 0.859. The first-order valence-electron chi connectivity index (χ1n) is 4.96. The van der Waals surface area contributed by atoms with Crippen molar-refractivity contribution < 1.29 is 9.52 Å². The van der Waals surface area contributed by atoms with E-state index in [2.05, 4.69) is 5.32 Å². The van der Waals surface area contributed by atoms with Crippen molar-refractivity contribution >= 4 is 17.3 Å². The summed E-state index contributed by atoms with van der Waals surface area (Å²) in [6.45, 7) is 0.468. The van der Waals surface area contributed by atoms with Gasteiger partial charge in [0.1, 0.15) is 18.1 Å². The lowest BCUT2D eigenvalue weighted by Crippen LogP contribution is -1.98. The van der Waals surface area contributed by atoms with Crippen molar-refractivity contribution in [3.63, 3.8) is 0 Å². The molecule has 0 aliphatic rings. The van der Waals surface area contributed by atoms with Crippen molar-refractivity contribution in [2.45, 2.75) is 13.2 Å². The van der Waals surface area contributed by atoms with Crippen LogP contribution in [0.3, 0.4) is 0 Å². The average molecular weight is 238 g/mol. The molecule has 0 saturated carbocycles. The molecule has 0 unspecified atom stereocenters. The van der Waals surface area contributed by atoms with Crippen molar-refractivity contribution in [1.29, 1.82) is 0 Å². The zero-order valence-electron chi connectivity index (χ0n) is 8.61. The molecule has 2 rings (SSSR count). The number of aliphatic hydroxyl groups is 1. The van der Waals surface area contributed by atoms with Gasteiger partial charge in [-0.2, -0.15) is 0 Å². The molecule has 1 aromatic heterocycles. The highest BCUT2D eigenvalue weighted by atomic mass is 35.5. The van der Waals surface area contributed by atoms with Gasteiger partial charge in [0.25, 0.3) is 0 Å². The summed E-state index contributed by atoms with van der Waals surface area (Å²) in [6, 6.07) is 11.1. The standard InChI is InChI=1S/C12H12ClNO2/c13-11-3-1-2-4-12(11)14-7-9-5-6-10(8-15)16-9/h1-6,14-15H,7-8H2. The van der Waals surface area contributed by atoms with E-state index in [1.54, 1.807) is 6.07 Å². The van der Waals surface area contributed by atoms with Crippen LogP contribution >= 0.6 is 11.6 Å². The SMILES string of the molecule is OCc1ccc(CNc2ccccc2Cl)o1. The molecule has 84 valence electrons. The molecular weight excluding hydrogens is 226 g/mol. The smallest absolute Gasteiger partial charge is 0.129 e. The van der Waals surface area contributed by atoms with E-state index in [4.69, 9.17) is 21.1 Å². The molecule has 1 heterocycles. The molecule has 0 aliphatic heterocycles. The van der Waals surface area contributed by atoms with Crippen LogP contribution in [0.25, 0.3) is 0 Å². The zero-order valence-corrected chi connectivity index (χ0v) is 9.37. The predicted octanol–water partition coefficient (Wildman–Crippen LogP) is 3.04. The Bertz CT molecular complexity index is 468. The number of hydrogen-bond donors (Lipinski definition) is 2. The number of benzene rings is 1. The third kappa shape index (κ3) is 2.56. The summed E-state index contributed by atoms with van der Waals surface area (Å²) in [5, 5.41) is 12.7. The number of halogens is 1. The second-order valence-electron chi connectivity index (χ2n) is 3.36. The predicted molar refractivity (Wildman–Crippen MR) is 63.4 cm³/mol. The monoisotopic (exact) mass is 237 g/mol. The van der Waals surface area contributed by atoms with Gasteiger partial charge in [-0.1, -0.05) is 23.7 Å². The Balaban J connectivity index is 1.99. The second kappa shape index (κ2) is 5.05. The van der Waals surface area contributed by atoms with Gasteiger partial charge < -0.3 is 14.8 Å². The third-order valence-electron chi connectivity index (χ3n) is 2.20. The summed E-state index contributed by atoms with van der Waals surface area (Å²) in [7, 11) is 0. The van der Waals surface area contributed by atoms with Crippen LogP contribution in [0, 0.1) is 0 Å². The molecule has 0 atom stereocenters. The fraction of sp³-hybridized carbons (Fsp3) is 0.167. The molecule has 0 radical (unpaired) electrons. The molecule has 3 nitrogen and oxygen atoms in total. The number of hydrogen-bond acceptors (Lipinski definition) is 3. The number of furan rings is 1. The lowest BCUT2D eigenvalue weighted by molar-refractivity contribution is 0.244. The van der Waals surface area contributed by atoms with Gasteiger partial charge >= 0.3 is 0 Å². The molecular formula is C12H12ClNO2. The molecule has 2 N–H and O–H groups in total. The van der Waals surface area contributed by atoms with Crippen LogP contribution in [-0.4, -0.2) is 5.11 Å². The summed E-state index contributed by atoms with van der Waals surface area (Å²) >= 11 is 5.99. The van der Waals surface area contributed by atoms with Gasteiger partial charge in [0.15, 0.2) is 0 Å². The molecule has 0 saturated heterocycles. The van der Waals surface area contributed by atoms with E-state index in [0.29, 0.717) is 17.3 Å². The van der Waals surface area contributed by atoms with Gasteiger partial charge in [0.05, 0.1) is 17.3 Å². The highest BCUT2D eigenvalue weighted by Crippen LogP contribution is 2.21. The number of anilines is 1. The topological polar surface area (TPSA) is 45.4 Å². The minimum Gasteiger partial charge on any atom is -0.462 e. The maximum absolute atomic E-state index is 8.85. The number of aliphatic hydroxyl groups excluding tert-OH is 1. The van der Waals surface area contributed by atoms with Crippen LogP contribution in [0.15, 0.2) is 40.8 Å². The van der Waals surface area contributed by atoms with Crippen LogP contribution in [-0.2, 0) is 13.2 Å². The van der Waals surface area contributed by atoms with Crippen molar-refractivity contribution in [2.75, 3.05) is 5.32 Å². The van der Waals surface area contributed by atoms with Crippen LogP contribution < -0.4 is 5.32 Å². The van der Waals surface area contributed by atoms with E-state index in [1.807, 2.05) is 30.3 Å². The molecule has 0 bridgehead atoms. The first kappa shape index (κ1) is 11.0. The van der Waals surface area contributed by atoms with E-state index in [9.17, 15) is 0 Å². The zero-order chi connectivity index (χ0) is 11.4. The largest absolute Gasteiger partial charge is 0.462 e. The van der Waals surface area contributed by atoms with Gasteiger partial charge in [-0.3, -0.25) is 0 Å². The Labute approximate surface area is 98.7 Å². The first-order chi connectivity index (χ1) is 7.79. The summed E-state index contributed by atoms with van der Waals surface area (Å²) in [5.41, 5.74) is 0.867. The lowest BCUT2D eigenvalue weighted by Gasteiger charge is -2.05. The minimum absolute atomic E-state index is 0.0773. The molecule has 0 amide bonds. The van der Waals surface area contributed by atoms with E-state index < -0.39 is 0 Å². The van der Waals surface area contributed by atoms with Crippen molar-refractivity contribution in [3.8, 4) is 0 Å². The first-order valence-corrected chi connectivity index (χ1v) is 5.34. The highest BCUT2D eigenvalue weighted by molar-refractivity contribution is 6.33. The lowest BCUT2D eigenvalue weighted by atomic mass is 10.3. The van der Waals surface area contributed by atoms with Crippen LogP contribution in [0.4, 0.5) is 5.69 Å². The van der Waals surface area contributed by atoms with Gasteiger partial charge in [-0.15, -0.1) is 0 Å². The summed E-state index contributed by atoms with van der Waals surface area (Å²) in [4.78, 5) is 0. The summed E-state index contributed by atoms with van der Waals surface area (Å²) in [6.07, 6.45) is 0. The number of nitrogens with one attached hydrogen (secondary N) is 1. The Morgan fingerprint density at radius 1 is 1.12 bits per heavy atom. The average Bonchev–Trinajstić information content (AvgIpc) is 2.76. The van der Waals surface area contributed by atoms with E-state index in [0.717, 1.165) is 11.4 Å². The second-order valence-corrected chi connectivity index (χ2v) is 3.77. The fourth-order valence-electron chi connectivity index (χ4n) is 1.39. The van der Waals surface area contributed by atoms with Crippen LogP contribution in [0.1, 0.15) is 11.5 Å². The molecule has 2 aromatic rings. The maximum atomic E-state index is 8.85. The van der Waals surface area contributed by atoms with Gasteiger partial charge in [-0.05, 0) is 24.3 Å². The summed E-state index contributed by atoms with van der Waals surface area (Å²) in [5.74, 6) is 1.33. The Morgan fingerprint density at radius 2 is 1.88 bits per heavy atom. The van der Waals surface area contributed by atoms with Crippen molar-refractivity contribution in [3.05, 3.63) is 52.9 Å². The normalized spacial score (nSPS) is 10.4. The van der Waals surface area contributed by atoms with Gasteiger partial charge in [0, 0.05) is 0 Å². The third-order valence-corrected chi connectivity index (χ3v) is 2.53. The number of para-hydroxylation sites is 1. The van der Waals surface area contributed by atoms with Crippen LogP contribution in [0.2, 0.25) is 5.02 Å². The fourth-order valence-corrected chi connectivity index (χ4v) is 1.59. The Kier molecular flexibility index (Phi) is 3.49. The Morgan fingerprint density at radius 3 is 2.56 bits per heavy atom. The van der Waals surface area contributed by atoms with E-state index in [1.165, 1.54) is 0 Å². The van der Waals surface area contributed by atoms with Crippen molar-refractivity contribution in [1.82, 2.24) is 0 Å². The van der Waals surface area contributed by atoms with Gasteiger partial charge in [0.2, 0.25) is 0 Å². The molecule has 0 fully saturated rings. The van der Waals surface area contributed by atoms with Gasteiger partial charge in [-0.25, -0.2) is 0 Å². The molecule has 0 spiro atoms. The Hall–Kier alpha value is -1.45. The number of rotatable bonds is 4. The molecule has 4 heteroatoms. The highest BCUT2D eigenvalue weighted by Gasteiger charge is 2.02. The van der Waals surface area contributed by atoms with Crippen LogP contribution in [0.5, 0.6) is 0 Å². The molecule has 0 aliphatic carbocycles. The molecule has 1 aromatic carbocycles. The van der Waals surface area contributed by atoms with Crippen molar-refractivity contribution in [2.24, 2.45) is 0 Å².